The van der Waals surface area contributed by atoms with Crippen LogP contribution in [0.5, 0.6) is 0 Å². The minimum atomic E-state index is -0.833. The molecule has 0 heterocycles. The maximum Gasteiger partial charge on any atom is 0.300 e. The predicted octanol–water partition coefficient (Wildman–Crippen LogP) is 2.51. The molecule has 0 saturated heterocycles. The van der Waals surface area contributed by atoms with E-state index in [1.54, 1.807) is 0 Å². The van der Waals surface area contributed by atoms with E-state index in [2.05, 4.69) is 6.58 Å². The fraction of sp³-hybridized carbons (Fsp3) is 0.500. The van der Waals surface area contributed by atoms with Crippen molar-refractivity contribution >= 4 is 5.97 Å². The number of carbonyl (C=O) groups is 1. The fourth-order valence-electron chi connectivity index (χ4n) is 1.18. The van der Waals surface area contributed by atoms with Gasteiger partial charge in [0.1, 0.15) is 0 Å². The van der Waals surface area contributed by atoms with Crippen LogP contribution in [0.25, 0.3) is 0 Å². The molecule has 74 valence electrons. The molecule has 0 aromatic rings. The van der Waals surface area contributed by atoms with Gasteiger partial charge in [0.05, 0.1) is 5.76 Å². The summed E-state index contributed by atoms with van der Waals surface area (Å²) < 4.78 is 0. The van der Waals surface area contributed by atoms with E-state index >= 15 is 0 Å². The van der Waals surface area contributed by atoms with E-state index in [1.165, 1.54) is 0 Å². The van der Waals surface area contributed by atoms with Gasteiger partial charge in [0, 0.05) is 13.3 Å². The molecule has 13 heavy (non-hydrogen) atoms. The van der Waals surface area contributed by atoms with Crippen LogP contribution in [-0.4, -0.2) is 16.2 Å². The predicted molar refractivity (Wildman–Crippen MR) is 51.6 cm³/mol. The Morgan fingerprint density at radius 3 is 2.69 bits per heavy atom. The fourth-order valence-corrected chi connectivity index (χ4v) is 1.18. The van der Waals surface area contributed by atoms with Gasteiger partial charge in [-0.25, -0.2) is 0 Å². The van der Waals surface area contributed by atoms with Crippen LogP contribution in [0.2, 0.25) is 0 Å². The Bertz CT molecular complexity index is 202. The topological polar surface area (TPSA) is 57.5 Å². The summed E-state index contributed by atoms with van der Waals surface area (Å²) in [4.78, 5) is 9.00. The second kappa shape index (κ2) is 6.29. The molecule has 0 aromatic carbocycles. The summed E-state index contributed by atoms with van der Waals surface area (Å²) in [7, 11) is 0. The summed E-state index contributed by atoms with van der Waals surface area (Å²) in [6.45, 7) is 4.73. The zero-order chi connectivity index (χ0) is 10.3. The second-order valence-corrected chi connectivity index (χ2v) is 3.04. The van der Waals surface area contributed by atoms with E-state index in [-0.39, 0.29) is 0 Å². The van der Waals surface area contributed by atoms with E-state index in [0.29, 0.717) is 11.7 Å². The number of aliphatic hydroxyl groups is 1. The molecule has 1 unspecified atom stereocenters. The van der Waals surface area contributed by atoms with Gasteiger partial charge in [-0.2, -0.15) is 0 Å². The minimum absolute atomic E-state index is 0.557. The normalized spacial score (nSPS) is 19.8. The molecule has 0 fully saturated rings. The number of aliphatic carboxylic acids is 1. The molecule has 1 aliphatic rings. The van der Waals surface area contributed by atoms with E-state index < -0.39 is 5.97 Å². The Balaban J connectivity index is 0.000000310. The molecule has 2 N–H and O–H groups in total. The number of aliphatic hydroxyl groups excluding tert-OH is 1. The highest BCUT2D eigenvalue weighted by Gasteiger charge is 2.13. The molecule has 0 spiro atoms. The minimum Gasteiger partial charge on any atom is -0.513 e. The molecular weight excluding hydrogens is 168 g/mol. The van der Waals surface area contributed by atoms with Gasteiger partial charge in [-0.05, 0) is 24.8 Å². The Hall–Kier alpha value is -1.25. The van der Waals surface area contributed by atoms with Gasteiger partial charge in [-0.3, -0.25) is 4.79 Å². The Labute approximate surface area is 78.4 Å². The average Bonchev–Trinajstić information content (AvgIpc) is 2.35. The third-order valence-electron chi connectivity index (χ3n) is 1.68. The molecule has 0 radical (unpaired) electrons. The van der Waals surface area contributed by atoms with Crippen molar-refractivity contribution < 1.29 is 15.0 Å². The zero-order valence-electron chi connectivity index (χ0n) is 7.86. The molecule has 0 aliphatic heterocycles. The van der Waals surface area contributed by atoms with Crippen molar-refractivity contribution in [1.82, 2.24) is 0 Å². The molecule has 3 nitrogen and oxygen atoms in total. The first kappa shape index (κ1) is 11.8. The van der Waals surface area contributed by atoms with Crippen LogP contribution in [0.1, 0.15) is 26.2 Å². The molecule has 0 aromatic heterocycles. The van der Waals surface area contributed by atoms with Gasteiger partial charge < -0.3 is 10.2 Å². The monoisotopic (exact) mass is 184 g/mol. The maximum atomic E-state index is 9.00. The molecule has 1 aliphatic carbocycles. The first-order chi connectivity index (χ1) is 6.06. The van der Waals surface area contributed by atoms with E-state index in [4.69, 9.17) is 15.0 Å². The average molecular weight is 184 g/mol. The third-order valence-corrected chi connectivity index (χ3v) is 1.68. The highest BCUT2D eigenvalue weighted by molar-refractivity contribution is 5.62. The summed E-state index contributed by atoms with van der Waals surface area (Å²) in [6, 6.07) is 0. The van der Waals surface area contributed by atoms with Crippen LogP contribution in [0, 0.1) is 5.92 Å². The molecule has 1 atom stereocenters. The van der Waals surface area contributed by atoms with E-state index in [9.17, 15) is 0 Å². The van der Waals surface area contributed by atoms with Crippen molar-refractivity contribution in [3.05, 3.63) is 24.5 Å². The van der Waals surface area contributed by atoms with Crippen molar-refractivity contribution in [2.75, 3.05) is 0 Å². The van der Waals surface area contributed by atoms with Gasteiger partial charge >= 0.3 is 0 Å². The van der Waals surface area contributed by atoms with Crippen LogP contribution in [0.3, 0.4) is 0 Å². The van der Waals surface area contributed by atoms with Crippen molar-refractivity contribution in [3.8, 4) is 0 Å². The summed E-state index contributed by atoms with van der Waals surface area (Å²) in [5.74, 6) is 0.351. The number of hydrogen-bond donors (Lipinski definition) is 2. The summed E-state index contributed by atoms with van der Waals surface area (Å²) in [5, 5.41) is 16.4. The van der Waals surface area contributed by atoms with Crippen LogP contribution >= 0.6 is 0 Å². The summed E-state index contributed by atoms with van der Waals surface area (Å²) in [6.07, 6.45) is 6.72. The lowest BCUT2D eigenvalue weighted by Gasteiger charge is -2.02. The number of carboxylic acids is 1. The zero-order valence-corrected chi connectivity index (χ0v) is 7.86. The van der Waals surface area contributed by atoms with Crippen LogP contribution in [-0.2, 0) is 4.79 Å². The van der Waals surface area contributed by atoms with E-state index in [0.717, 1.165) is 26.2 Å². The Morgan fingerprint density at radius 1 is 1.85 bits per heavy atom. The number of hydrogen-bond acceptors (Lipinski definition) is 2. The standard InChI is InChI=1S/C8H12O.C2H4O2/c1-2-3-7-4-5-8(9)6-7;1-2(3)4/h2,5,7,9H,1,3-4,6H2;1H3,(H,3,4). The molecule has 1 rings (SSSR count). The van der Waals surface area contributed by atoms with E-state index in [1.807, 2.05) is 12.2 Å². The molecule has 3 heteroatoms. The number of allylic oxidation sites excluding steroid dienone is 3. The molecule has 0 amide bonds. The van der Waals surface area contributed by atoms with Gasteiger partial charge in [0.2, 0.25) is 0 Å². The lowest BCUT2D eigenvalue weighted by Crippen LogP contribution is -1.91. The van der Waals surface area contributed by atoms with Crippen molar-refractivity contribution in [3.63, 3.8) is 0 Å². The largest absolute Gasteiger partial charge is 0.513 e. The Morgan fingerprint density at radius 2 is 2.38 bits per heavy atom. The van der Waals surface area contributed by atoms with Crippen molar-refractivity contribution in [2.24, 2.45) is 5.92 Å². The summed E-state index contributed by atoms with van der Waals surface area (Å²) >= 11 is 0. The Kier molecular flexibility index (Phi) is 5.68. The van der Waals surface area contributed by atoms with Gasteiger partial charge in [0.15, 0.2) is 0 Å². The highest BCUT2D eigenvalue weighted by atomic mass is 16.4. The van der Waals surface area contributed by atoms with Gasteiger partial charge in [0.25, 0.3) is 5.97 Å². The van der Waals surface area contributed by atoms with Crippen LogP contribution in [0.15, 0.2) is 24.5 Å². The van der Waals surface area contributed by atoms with Gasteiger partial charge in [-0.1, -0.05) is 6.08 Å². The number of carboxylic acid groups (broad SMARTS) is 1. The molecule has 0 bridgehead atoms. The SMILES string of the molecule is C=CCC1CC=C(O)C1.CC(=O)O. The lowest BCUT2D eigenvalue weighted by molar-refractivity contribution is -0.134. The third kappa shape index (κ3) is 7.12. The molecular formula is C10H16O3. The molecule has 0 saturated carbocycles. The number of rotatable bonds is 2. The smallest absolute Gasteiger partial charge is 0.300 e. The first-order valence-electron chi connectivity index (χ1n) is 4.24. The van der Waals surface area contributed by atoms with Crippen molar-refractivity contribution in [1.29, 1.82) is 0 Å². The van der Waals surface area contributed by atoms with Crippen LogP contribution in [0.4, 0.5) is 0 Å². The quantitative estimate of drug-likeness (QED) is 0.648. The maximum absolute atomic E-state index is 9.00. The van der Waals surface area contributed by atoms with Crippen LogP contribution < -0.4 is 0 Å². The first-order valence-corrected chi connectivity index (χ1v) is 4.24. The van der Waals surface area contributed by atoms with Gasteiger partial charge in [-0.15, -0.1) is 6.58 Å². The van der Waals surface area contributed by atoms with Crippen molar-refractivity contribution in [2.45, 2.75) is 26.2 Å². The highest BCUT2D eigenvalue weighted by Crippen LogP contribution is 2.25. The second-order valence-electron chi connectivity index (χ2n) is 3.04. The summed E-state index contributed by atoms with van der Waals surface area (Å²) in [5.41, 5.74) is 0. The lowest BCUT2D eigenvalue weighted by atomic mass is 10.0.